The van der Waals surface area contributed by atoms with Crippen LogP contribution in [0, 0.1) is 11.8 Å². The number of amides is 1. The molecule has 11 heavy (non-hydrogen) atoms. The topological polar surface area (TPSA) is 29.1 Å². The molecule has 2 aliphatic rings. The molecule has 1 N–H and O–H groups in total. The predicted octanol–water partition coefficient (Wildman–Crippen LogP) is 1.31. The molecule has 2 atom stereocenters. The molecule has 2 heteroatoms. The van der Waals surface area contributed by atoms with Gasteiger partial charge in [0.1, 0.15) is 0 Å². The zero-order valence-corrected chi connectivity index (χ0v) is 7.18. The maximum absolute atomic E-state index is 11.3. The van der Waals surface area contributed by atoms with Gasteiger partial charge in [0.05, 0.1) is 0 Å². The highest BCUT2D eigenvalue weighted by Crippen LogP contribution is 2.47. The highest BCUT2D eigenvalue weighted by molar-refractivity contribution is 5.80. The molecule has 0 aromatic carbocycles. The van der Waals surface area contributed by atoms with Gasteiger partial charge in [-0.1, -0.05) is 13.8 Å². The summed E-state index contributed by atoms with van der Waals surface area (Å²) in [6, 6.07) is 0. The van der Waals surface area contributed by atoms with Crippen LogP contribution in [0.5, 0.6) is 0 Å². The molecule has 2 fully saturated rings. The Labute approximate surface area is 67.4 Å². The van der Waals surface area contributed by atoms with Crippen LogP contribution in [0.1, 0.15) is 33.1 Å². The van der Waals surface area contributed by atoms with Crippen LogP contribution >= 0.6 is 0 Å². The van der Waals surface area contributed by atoms with Gasteiger partial charge in [0.2, 0.25) is 5.91 Å². The Morgan fingerprint density at radius 1 is 1.45 bits per heavy atom. The molecule has 0 aromatic heterocycles. The van der Waals surface area contributed by atoms with Crippen LogP contribution in [0.15, 0.2) is 0 Å². The standard InChI is InChI=1S/C9H15NO/c1-6-5-7(2)9(3-4-9)10-8(6)11/h6-7H,3-5H2,1-2H3,(H,10,11). The number of hydrogen-bond donors (Lipinski definition) is 1. The number of nitrogens with one attached hydrogen (secondary N) is 1. The molecule has 0 bridgehead atoms. The molecule has 0 radical (unpaired) electrons. The van der Waals surface area contributed by atoms with Crippen LogP contribution in [0.4, 0.5) is 0 Å². The number of piperidine rings is 1. The van der Waals surface area contributed by atoms with Crippen molar-refractivity contribution in [2.24, 2.45) is 11.8 Å². The Morgan fingerprint density at radius 2 is 2.09 bits per heavy atom. The van der Waals surface area contributed by atoms with Gasteiger partial charge in [-0.3, -0.25) is 4.79 Å². The zero-order valence-electron chi connectivity index (χ0n) is 7.18. The van der Waals surface area contributed by atoms with Gasteiger partial charge >= 0.3 is 0 Å². The molecule has 1 aliphatic carbocycles. The van der Waals surface area contributed by atoms with Crippen molar-refractivity contribution in [2.75, 3.05) is 0 Å². The second-order valence-electron chi connectivity index (χ2n) is 4.18. The monoisotopic (exact) mass is 153 g/mol. The molecule has 1 saturated carbocycles. The molecular formula is C9H15NO. The number of carbonyl (C=O) groups excluding carboxylic acids is 1. The first-order chi connectivity index (χ1) is 5.14. The maximum atomic E-state index is 11.3. The Bertz CT molecular complexity index is 196. The highest BCUT2D eigenvalue weighted by atomic mass is 16.2. The molecule has 1 aliphatic heterocycles. The first-order valence-electron chi connectivity index (χ1n) is 4.46. The van der Waals surface area contributed by atoms with E-state index in [0.717, 1.165) is 6.42 Å². The lowest BCUT2D eigenvalue weighted by molar-refractivity contribution is -0.129. The van der Waals surface area contributed by atoms with Crippen molar-refractivity contribution in [3.63, 3.8) is 0 Å². The van der Waals surface area contributed by atoms with Crippen molar-refractivity contribution < 1.29 is 4.79 Å². The van der Waals surface area contributed by atoms with Gasteiger partial charge in [-0.25, -0.2) is 0 Å². The summed E-state index contributed by atoms with van der Waals surface area (Å²) >= 11 is 0. The molecule has 1 heterocycles. The highest BCUT2D eigenvalue weighted by Gasteiger charge is 2.51. The quantitative estimate of drug-likeness (QED) is 0.558. The second-order valence-corrected chi connectivity index (χ2v) is 4.18. The lowest BCUT2D eigenvalue weighted by atomic mass is 9.84. The smallest absolute Gasteiger partial charge is 0.223 e. The van der Waals surface area contributed by atoms with Crippen LogP contribution in [-0.2, 0) is 4.79 Å². The molecular weight excluding hydrogens is 138 g/mol. The average molecular weight is 153 g/mol. The van der Waals surface area contributed by atoms with Gasteiger partial charge in [0.25, 0.3) is 0 Å². The van der Waals surface area contributed by atoms with Gasteiger partial charge in [-0.15, -0.1) is 0 Å². The summed E-state index contributed by atoms with van der Waals surface area (Å²) in [4.78, 5) is 11.3. The lowest BCUT2D eigenvalue weighted by Crippen LogP contribution is -2.49. The van der Waals surface area contributed by atoms with Crippen molar-refractivity contribution in [2.45, 2.75) is 38.6 Å². The molecule has 62 valence electrons. The SMILES string of the molecule is CC1CC(C)C2(CC2)NC1=O. The van der Waals surface area contributed by atoms with Gasteiger partial charge in [0, 0.05) is 11.5 Å². The summed E-state index contributed by atoms with van der Waals surface area (Å²) in [6.45, 7) is 4.27. The Balaban J connectivity index is 2.12. The third kappa shape index (κ3) is 0.959. The van der Waals surface area contributed by atoms with Crippen LogP contribution in [0.2, 0.25) is 0 Å². The van der Waals surface area contributed by atoms with Crippen LogP contribution in [0.3, 0.4) is 0 Å². The zero-order chi connectivity index (χ0) is 8.06. The van der Waals surface area contributed by atoms with Gasteiger partial charge < -0.3 is 5.32 Å². The maximum Gasteiger partial charge on any atom is 0.223 e. The summed E-state index contributed by atoms with van der Waals surface area (Å²) in [6.07, 6.45) is 3.48. The molecule has 1 spiro atoms. The lowest BCUT2D eigenvalue weighted by Gasteiger charge is -2.33. The minimum atomic E-state index is 0.233. The third-order valence-electron chi connectivity index (χ3n) is 3.26. The fraction of sp³-hybridized carbons (Fsp3) is 0.889. The van der Waals surface area contributed by atoms with Crippen LogP contribution < -0.4 is 5.32 Å². The van der Waals surface area contributed by atoms with Crippen LogP contribution in [-0.4, -0.2) is 11.4 Å². The van der Waals surface area contributed by atoms with Gasteiger partial charge in [-0.05, 0) is 25.2 Å². The summed E-state index contributed by atoms with van der Waals surface area (Å²) < 4.78 is 0. The number of carbonyl (C=O) groups is 1. The fourth-order valence-electron chi connectivity index (χ4n) is 2.11. The van der Waals surface area contributed by atoms with Crippen molar-refractivity contribution in [3.05, 3.63) is 0 Å². The minimum absolute atomic E-state index is 0.233. The largest absolute Gasteiger partial charge is 0.350 e. The fourth-order valence-corrected chi connectivity index (χ4v) is 2.11. The van der Waals surface area contributed by atoms with E-state index in [9.17, 15) is 4.79 Å². The molecule has 1 saturated heterocycles. The summed E-state index contributed by atoms with van der Waals surface area (Å²) in [5.74, 6) is 1.19. The van der Waals surface area contributed by atoms with E-state index in [4.69, 9.17) is 0 Å². The third-order valence-corrected chi connectivity index (χ3v) is 3.26. The first-order valence-corrected chi connectivity index (χ1v) is 4.46. The van der Waals surface area contributed by atoms with Crippen LogP contribution in [0.25, 0.3) is 0 Å². The normalized spacial score (nSPS) is 40.4. The summed E-state index contributed by atoms with van der Waals surface area (Å²) in [5, 5.41) is 3.13. The minimum Gasteiger partial charge on any atom is -0.350 e. The molecule has 1 amide bonds. The predicted molar refractivity (Wildman–Crippen MR) is 43.1 cm³/mol. The average Bonchev–Trinajstić information content (AvgIpc) is 2.66. The molecule has 2 rings (SSSR count). The van der Waals surface area contributed by atoms with Crippen molar-refractivity contribution in [1.82, 2.24) is 5.32 Å². The second kappa shape index (κ2) is 1.99. The summed E-state index contributed by atoms with van der Waals surface area (Å²) in [5.41, 5.74) is 0.240. The van der Waals surface area contributed by atoms with Crippen molar-refractivity contribution in [3.8, 4) is 0 Å². The Hall–Kier alpha value is -0.530. The van der Waals surface area contributed by atoms with E-state index in [1.54, 1.807) is 0 Å². The van der Waals surface area contributed by atoms with E-state index in [2.05, 4.69) is 12.2 Å². The number of hydrogen-bond acceptors (Lipinski definition) is 1. The van der Waals surface area contributed by atoms with Gasteiger partial charge in [0.15, 0.2) is 0 Å². The molecule has 2 unspecified atom stereocenters. The van der Waals surface area contributed by atoms with Gasteiger partial charge in [-0.2, -0.15) is 0 Å². The van der Waals surface area contributed by atoms with E-state index >= 15 is 0 Å². The van der Waals surface area contributed by atoms with E-state index < -0.39 is 0 Å². The molecule has 0 aromatic rings. The van der Waals surface area contributed by atoms with E-state index in [0.29, 0.717) is 5.92 Å². The van der Waals surface area contributed by atoms with E-state index in [1.165, 1.54) is 12.8 Å². The summed E-state index contributed by atoms with van der Waals surface area (Å²) in [7, 11) is 0. The van der Waals surface area contributed by atoms with Crippen molar-refractivity contribution in [1.29, 1.82) is 0 Å². The Morgan fingerprint density at radius 3 is 2.64 bits per heavy atom. The van der Waals surface area contributed by atoms with E-state index in [-0.39, 0.29) is 17.4 Å². The van der Waals surface area contributed by atoms with Crippen molar-refractivity contribution >= 4 is 5.91 Å². The van der Waals surface area contributed by atoms with E-state index in [1.807, 2.05) is 6.92 Å². The first kappa shape index (κ1) is 7.14. The molecule has 2 nitrogen and oxygen atoms in total. The number of rotatable bonds is 0. The Kier molecular flexibility index (Phi) is 1.29.